The number of rotatable bonds is 12. The Morgan fingerprint density at radius 1 is 0.778 bits per heavy atom. The second kappa shape index (κ2) is 10.0. The molecule has 0 aromatic rings. The van der Waals surface area contributed by atoms with Gasteiger partial charge in [0.25, 0.3) is 23.6 Å². The Labute approximate surface area is 154 Å². The lowest BCUT2D eigenvalue weighted by Gasteiger charge is -2.26. The standard InChI is InChI=1S/C16H20N2O9/c19-5-6-27-16(18-13(22)3-4-14(18)23)10-26-8-7-25-9-15(24)17-11(20)1-2-12(17)21/h1-4,15-16,19,24H,5-10H2/t15-,16-/m0/s1. The van der Waals surface area contributed by atoms with Gasteiger partial charge >= 0.3 is 0 Å². The fraction of sp³-hybridized carbons (Fsp3) is 0.500. The molecule has 0 saturated heterocycles. The first kappa shape index (κ1) is 20.9. The molecule has 0 radical (unpaired) electrons. The number of aliphatic hydroxyl groups excluding tert-OH is 2. The van der Waals surface area contributed by atoms with Crippen molar-refractivity contribution in [1.82, 2.24) is 9.80 Å². The van der Waals surface area contributed by atoms with Gasteiger partial charge in [0.1, 0.15) is 0 Å². The van der Waals surface area contributed by atoms with Gasteiger partial charge in [-0.05, 0) is 0 Å². The van der Waals surface area contributed by atoms with E-state index in [0.29, 0.717) is 4.90 Å². The minimum atomic E-state index is -1.41. The molecular formula is C16H20N2O9. The summed E-state index contributed by atoms with van der Waals surface area (Å²) in [6, 6.07) is 0. The van der Waals surface area contributed by atoms with Gasteiger partial charge in [0.2, 0.25) is 0 Å². The van der Waals surface area contributed by atoms with E-state index in [4.69, 9.17) is 19.3 Å². The molecule has 2 N–H and O–H groups in total. The molecule has 148 valence electrons. The van der Waals surface area contributed by atoms with Crippen LogP contribution in [-0.4, -0.2) is 95.7 Å². The van der Waals surface area contributed by atoms with Gasteiger partial charge < -0.3 is 24.4 Å². The molecule has 11 heteroatoms. The zero-order valence-corrected chi connectivity index (χ0v) is 14.4. The largest absolute Gasteiger partial charge is 0.394 e. The third-order valence-electron chi connectivity index (χ3n) is 3.57. The fourth-order valence-electron chi connectivity index (χ4n) is 2.35. The van der Waals surface area contributed by atoms with Crippen molar-refractivity contribution < 1.29 is 43.6 Å². The van der Waals surface area contributed by atoms with Gasteiger partial charge in [-0.3, -0.25) is 19.2 Å². The Balaban J connectivity index is 1.68. The molecule has 11 nitrogen and oxygen atoms in total. The molecule has 0 aromatic heterocycles. The normalized spacial score (nSPS) is 18.9. The summed E-state index contributed by atoms with van der Waals surface area (Å²) in [5.74, 6) is -2.33. The van der Waals surface area contributed by atoms with E-state index in [-0.39, 0.29) is 39.6 Å². The number of ether oxygens (including phenoxy) is 3. The Kier molecular flexibility index (Phi) is 7.76. The molecule has 0 fully saturated rings. The SMILES string of the molecule is O=C1C=CC(=O)N1[C@H](COCCOC[C@H](O)N1C(=O)C=CC1=O)OCCO. The molecule has 2 heterocycles. The molecule has 0 unspecified atom stereocenters. The van der Waals surface area contributed by atoms with Crippen molar-refractivity contribution in [2.45, 2.75) is 12.5 Å². The van der Waals surface area contributed by atoms with Gasteiger partial charge in [-0.1, -0.05) is 0 Å². The molecule has 2 rings (SSSR count). The zero-order chi connectivity index (χ0) is 19.8. The number of amides is 4. The number of nitrogens with zero attached hydrogens (tertiary/aromatic N) is 2. The topological polar surface area (TPSA) is 143 Å². The van der Waals surface area contributed by atoms with E-state index in [1.165, 1.54) is 0 Å². The van der Waals surface area contributed by atoms with Crippen LogP contribution in [0.4, 0.5) is 0 Å². The summed E-state index contributed by atoms with van der Waals surface area (Å²) in [6.07, 6.45) is 1.92. The summed E-state index contributed by atoms with van der Waals surface area (Å²) in [7, 11) is 0. The van der Waals surface area contributed by atoms with Crippen molar-refractivity contribution in [2.24, 2.45) is 0 Å². The molecule has 27 heavy (non-hydrogen) atoms. The van der Waals surface area contributed by atoms with Gasteiger partial charge in [-0.2, -0.15) is 0 Å². The summed E-state index contributed by atoms with van der Waals surface area (Å²) in [5, 5.41) is 18.6. The molecule has 2 aliphatic rings. The molecule has 0 bridgehead atoms. The van der Waals surface area contributed by atoms with E-state index in [2.05, 4.69) is 0 Å². The first-order valence-corrected chi connectivity index (χ1v) is 8.12. The van der Waals surface area contributed by atoms with E-state index in [1.54, 1.807) is 0 Å². The van der Waals surface area contributed by atoms with E-state index >= 15 is 0 Å². The van der Waals surface area contributed by atoms with Gasteiger partial charge in [0.05, 0.1) is 39.6 Å². The third kappa shape index (κ3) is 5.52. The van der Waals surface area contributed by atoms with Crippen molar-refractivity contribution in [1.29, 1.82) is 0 Å². The van der Waals surface area contributed by atoms with Crippen LogP contribution < -0.4 is 0 Å². The first-order chi connectivity index (χ1) is 13.0. The van der Waals surface area contributed by atoms with E-state index in [1.807, 2.05) is 0 Å². The van der Waals surface area contributed by atoms with E-state index in [9.17, 15) is 24.3 Å². The quantitative estimate of drug-likeness (QED) is 0.276. The summed E-state index contributed by atoms with van der Waals surface area (Å²) < 4.78 is 15.7. The number of aliphatic hydroxyl groups is 2. The van der Waals surface area contributed by atoms with Crippen molar-refractivity contribution >= 4 is 23.6 Å². The highest BCUT2D eigenvalue weighted by Crippen LogP contribution is 2.11. The van der Waals surface area contributed by atoms with Crippen LogP contribution in [0, 0.1) is 0 Å². The average molecular weight is 384 g/mol. The van der Waals surface area contributed by atoms with Gasteiger partial charge in [-0.25, -0.2) is 9.80 Å². The Morgan fingerprint density at radius 2 is 1.26 bits per heavy atom. The highest BCUT2D eigenvalue weighted by atomic mass is 16.6. The molecular weight excluding hydrogens is 364 g/mol. The van der Waals surface area contributed by atoms with Crippen LogP contribution >= 0.6 is 0 Å². The van der Waals surface area contributed by atoms with Crippen molar-refractivity contribution in [2.75, 3.05) is 39.6 Å². The van der Waals surface area contributed by atoms with Crippen molar-refractivity contribution in [3.05, 3.63) is 24.3 Å². The molecule has 0 aliphatic carbocycles. The minimum absolute atomic E-state index is 0.0214. The number of imide groups is 2. The molecule has 0 spiro atoms. The first-order valence-electron chi connectivity index (χ1n) is 8.12. The lowest BCUT2D eigenvalue weighted by Crippen LogP contribution is -2.45. The minimum Gasteiger partial charge on any atom is -0.394 e. The second-order valence-electron chi connectivity index (χ2n) is 5.44. The maximum atomic E-state index is 11.7. The van der Waals surface area contributed by atoms with Crippen LogP contribution in [0.1, 0.15) is 0 Å². The van der Waals surface area contributed by atoms with E-state index in [0.717, 1.165) is 29.2 Å². The van der Waals surface area contributed by atoms with E-state index < -0.39 is 36.1 Å². The summed E-state index contributed by atoms with van der Waals surface area (Å²) in [4.78, 5) is 47.7. The lowest BCUT2D eigenvalue weighted by atomic mass is 10.4. The maximum Gasteiger partial charge on any atom is 0.255 e. The Morgan fingerprint density at radius 3 is 1.78 bits per heavy atom. The molecule has 2 atom stereocenters. The van der Waals surface area contributed by atoms with Crippen molar-refractivity contribution in [3.63, 3.8) is 0 Å². The monoisotopic (exact) mass is 384 g/mol. The molecule has 4 amide bonds. The van der Waals surface area contributed by atoms with Crippen LogP contribution in [-0.2, 0) is 33.4 Å². The number of hydrogen-bond donors (Lipinski definition) is 2. The fourth-order valence-corrected chi connectivity index (χ4v) is 2.35. The average Bonchev–Trinajstić information content (AvgIpc) is 3.15. The molecule has 0 saturated carbocycles. The number of hydrogen-bond acceptors (Lipinski definition) is 9. The van der Waals surface area contributed by atoms with Gasteiger partial charge in [0.15, 0.2) is 12.5 Å². The predicted octanol–water partition coefficient (Wildman–Crippen LogP) is -2.48. The van der Waals surface area contributed by atoms with Crippen LogP contribution in [0.5, 0.6) is 0 Å². The maximum absolute atomic E-state index is 11.7. The summed E-state index contributed by atoms with van der Waals surface area (Å²) >= 11 is 0. The van der Waals surface area contributed by atoms with Crippen LogP contribution in [0.3, 0.4) is 0 Å². The Hall–Kier alpha value is -2.44. The number of carbonyl (C=O) groups excluding carboxylic acids is 4. The number of carbonyl (C=O) groups is 4. The van der Waals surface area contributed by atoms with Crippen molar-refractivity contribution in [3.8, 4) is 0 Å². The predicted molar refractivity (Wildman–Crippen MR) is 86.5 cm³/mol. The van der Waals surface area contributed by atoms with Crippen LogP contribution in [0.2, 0.25) is 0 Å². The summed E-state index contributed by atoms with van der Waals surface area (Å²) in [5.41, 5.74) is 0. The highest BCUT2D eigenvalue weighted by Gasteiger charge is 2.32. The third-order valence-corrected chi connectivity index (χ3v) is 3.57. The smallest absolute Gasteiger partial charge is 0.255 e. The second-order valence-corrected chi connectivity index (χ2v) is 5.44. The zero-order valence-electron chi connectivity index (χ0n) is 14.4. The van der Waals surface area contributed by atoms with Crippen LogP contribution in [0.15, 0.2) is 24.3 Å². The molecule has 0 aromatic carbocycles. The molecule has 2 aliphatic heterocycles. The lowest BCUT2D eigenvalue weighted by molar-refractivity contribution is -0.162. The van der Waals surface area contributed by atoms with Crippen LogP contribution in [0.25, 0.3) is 0 Å². The van der Waals surface area contributed by atoms with Gasteiger partial charge in [-0.15, -0.1) is 0 Å². The van der Waals surface area contributed by atoms with Gasteiger partial charge in [0, 0.05) is 24.3 Å². The summed E-state index contributed by atoms with van der Waals surface area (Å²) in [6.45, 7) is -0.745. The Bertz CT molecular complexity index is 610. The highest BCUT2D eigenvalue weighted by molar-refractivity contribution is 6.13.